The van der Waals surface area contributed by atoms with E-state index in [0.717, 1.165) is 11.3 Å². The fourth-order valence-electron chi connectivity index (χ4n) is 2.91. The number of nitrogens with one attached hydrogen (secondary N) is 1. The second-order valence-electron chi connectivity index (χ2n) is 5.52. The van der Waals surface area contributed by atoms with Crippen molar-refractivity contribution in [1.29, 1.82) is 0 Å². The molecule has 4 rings (SSSR count). The summed E-state index contributed by atoms with van der Waals surface area (Å²) in [4.78, 5) is 15.7. The van der Waals surface area contributed by atoms with Crippen molar-refractivity contribution in [2.24, 2.45) is 0 Å². The van der Waals surface area contributed by atoms with Crippen LogP contribution in [0.2, 0.25) is 4.34 Å². The summed E-state index contributed by atoms with van der Waals surface area (Å²) in [6.07, 6.45) is 0. The Morgan fingerprint density at radius 2 is 1.60 bits per heavy atom. The Labute approximate surface area is 151 Å². The van der Waals surface area contributed by atoms with E-state index in [0.29, 0.717) is 31.2 Å². The van der Waals surface area contributed by atoms with Gasteiger partial charge in [-0.3, -0.25) is 4.79 Å². The lowest BCUT2D eigenvalue weighted by atomic mass is 10.00. The van der Waals surface area contributed by atoms with Crippen molar-refractivity contribution in [1.82, 2.24) is 4.98 Å². The Hall–Kier alpha value is -2.76. The van der Waals surface area contributed by atoms with Crippen molar-refractivity contribution in [3.05, 3.63) is 69.3 Å². The lowest BCUT2D eigenvalue weighted by Crippen LogP contribution is -2.08. The summed E-state index contributed by atoms with van der Waals surface area (Å²) in [5.41, 5.74) is 1.40. The summed E-state index contributed by atoms with van der Waals surface area (Å²) >= 11 is 7.52. The van der Waals surface area contributed by atoms with Crippen molar-refractivity contribution in [3.8, 4) is 33.8 Å². The molecule has 0 bridgehead atoms. The molecule has 25 heavy (non-hydrogen) atoms. The number of thiophene rings is 1. The van der Waals surface area contributed by atoms with Crippen molar-refractivity contribution >= 4 is 33.2 Å². The summed E-state index contributed by atoms with van der Waals surface area (Å²) in [6, 6.07) is 15.7. The van der Waals surface area contributed by atoms with Crippen LogP contribution in [0.15, 0.2) is 59.4 Å². The number of para-hydroxylation sites is 1. The zero-order valence-corrected chi connectivity index (χ0v) is 14.4. The summed E-state index contributed by atoms with van der Waals surface area (Å²) < 4.78 is 0.382. The monoisotopic (exact) mass is 369 g/mol. The van der Waals surface area contributed by atoms with E-state index in [1.165, 1.54) is 0 Å². The molecule has 0 saturated carbocycles. The van der Waals surface area contributed by atoms with E-state index in [1.807, 2.05) is 6.07 Å². The molecule has 4 nitrogen and oxygen atoms in total. The van der Waals surface area contributed by atoms with Gasteiger partial charge in [-0.2, -0.15) is 0 Å². The minimum Gasteiger partial charge on any atom is -0.507 e. The van der Waals surface area contributed by atoms with Gasteiger partial charge in [-0.05, 0) is 11.6 Å². The molecule has 124 valence electrons. The van der Waals surface area contributed by atoms with Gasteiger partial charge >= 0.3 is 0 Å². The molecule has 6 heteroatoms. The summed E-state index contributed by atoms with van der Waals surface area (Å²) in [6.45, 7) is 0. The first kappa shape index (κ1) is 15.7. The first-order chi connectivity index (χ1) is 12.1. The van der Waals surface area contributed by atoms with Crippen LogP contribution >= 0.6 is 22.9 Å². The van der Waals surface area contributed by atoms with Gasteiger partial charge in [0.2, 0.25) is 0 Å². The van der Waals surface area contributed by atoms with Gasteiger partial charge in [-0.25, -0.2) is 0 Å². The normalized spacial score (nSPS) is 11.1. The predicted octanol–water partition coefficient (Wildman–Crippen LogP) is 4.99. The maximum atomic E-state index is 12.5. The molecule has 0 amide bonds. The number of halogens is 1. The Morgan fingerprint density at radius 1 is 0.920 bits per heavy atom. The van der Waals surface area contributed by atoms with Gasteiger partial charge in [-0.1, -0.05) is 60.1 Å². The molecule has 4 aromatic rings. The number of aromatic hydroxyl groups is 2. The highest BCUT2D eigenvalue weighted by atomic mass is 35.5. The average Bonchev–Trinajstić information content (AvgIpc) is 2.92. The van der Waals surface area contributed by atoms with E-state index < -0.39 is 5.56 Å². The highest BCUT2D eigenvalue weighted by Crippen LogP contribution is 2.48. The van der Waals surface area contributed by atoms with Crippen LogP contribution in [-0.4, -0.2) is 15.2 Å². The molecule has 2 aromatic carbocycles. The second kappa shape index (κ2) is 5.95. The quantitative estimate of drug-likeness (QED) is 0.466. The van der Waals surface area contributed by atoms with Crippen LogP contribution in [-0.2, 0) is 0 Å². The van der Waals surface area contributed by atoms with Gasteiger partial charge in [-0.15, -0.1) is 11.3 Å². The Kier molecular flexibility index (Phi) is 3.75. The number of H-pyrrole nitrogens is 1. The third-order valence-corrected chi connectivity index (χ3v) is 5.34. The zero-order chi connectivity index (χ0) is 17.6. The molecule has 0 aliphatic carbocycles. The van der Waals surface area contributed by atoms with Gasteiger partial charge in [0.15, 0.2) is 0 Å². The number of pyridine rings is 1. The van der Waals surface area contributed by atoms with E-state index in [4.69, 9.17) is 11.6 Å². The van der Waals surface area contributed by atoms with Gasteiger partial charge < -0.3 is 15.2 Å². The minimum atomic E-state index is -0.391. The third-order valence-electron chi connectivity index (χ3n) is 4.03. The third kappa shape index (κ3) is 2.49. The smallest absolute Gasteiger partial charge is 0.260 e. The number of benzene rings is 2. The van der Waals surface area contributed by atoms with Crippen molar-refractivity contribution in [2.45, 2.75) is 0 Å². The van der Waals surface area contributed by atoms with E-state index in [-0.39, 0.29) is 17.1 Å². The van der Waals surface area contributed by atoms with Gasteiger partial charge in [0, 0.05) is 11.1 Å². The number of aromatic nitrogens is 1. The molecular formula is C19H12ClNO3S. The van der Waals surface area contributed by atoms with Crippen LogP contribution in [0.3, 0.4) is 0 Å². The maximum Gasteiger partial charge on any atom is 0.260 e. The van der Waals surface area contributed by atoms with E-state index in [2.05, 4.69) is 4.98 Å². The highest BCUT2D eigenvalue weighted by molar-refractivity contribution is 7.23. The molecule has 0 unspecified atom stereocenters. The molecule has 0 atom stereocenters. The SMILES string of the molecule is O=c1[nH]c2sc(Cl)c(-c3ccccc3O)c2c(O)c1-c1ccccc1. The lowest BCUT2D eigenvalue weighted by molar-refractivity contribution is 0.477. The topological polar surface area (TPSA) is 73.3 Å². The number of hydrogen-bond donors (Lipinski definition) is 3. The minimum absolute atomic E-state index is 0.0518. The molecule has 3 N–H and O–H groups in total. The van der Waals surface area contributed by atoms with Crippen LogP contribution in [0.4, 0.5) is 0 Å². The van der Waals surface area contributed by atoms with E-state index in [1.54, 1.807) is 48.5 Å². The molecule has 2 heterocycles. The molecule has 0 fully saturated rings. The Balaban J connectivity index is 2.12. The second-order valence-corrected chi connectivity index (χ2v) is 7.14. The number of fused-ring (bicyclic) bond motifs is 1. The molecule has 0 spiro atoms. The number of phenols is 1. The van der Waals surface area contributed by atoms with Gasteiger partial charge in [0.1, 0.15) is 20.7 Å². The molecule has 0 aliphatic rings. The van der Waals surface area contributed by atoms with Crippen LogP contribution < -0.4 is 5.56 Å². The fourth-order valence-corrected chi connectivity index (χ4v) is 4.28. The van der Waals surface area contributed by atoms with Crippen LogP contribution in [0, 0.1) is 0 Å². The molecule has 0 aliphatic heterocycles. The highest BCUT2D eigenvalue weighted by Gasteiger charge is 2.23. The molecule has 0 radical (unpaired) electrons. The summed E-state index contributed by atoms with van der Waals surface area (Å²) in [5.74, 6) is -0.0951. The Morgan fingerprint density at radius 3 is 2.32 bits per heavy atom. The summed E-state index contributed by atoms with van der Waals surface area (Å²) in [7, 11) is 0. The fraction of sp³-hybridized carbons (Fsp3) is 0. The largest absolute Gasteiger partial charge is 0.507 e. The van der Waals surface area contributed by atoms with Crippen LogP contribution in [0.5, 0.6) is 11.5 Å². The van der Waals surface area contributed by atoms with Crippen LogP contribution in [0.25, 0.3) is 32.5 Å². The van der Waals surface area contributed by atoms with Crippen LogP contribution in [0.1, 0.15) is 0 Å². The summed E-state index contributed by atoms with van der Waals surface area (Å²) in [5, 5.41) is 21.5. The maximum absolute atomic E-state index is 12.5. The van der Waals surface area contributed by atoms with Gasteiger partial charge in [0.25, 0.3) is 5.56 Å². The van der Waals surface area contributed by atoms with Crippen molar-refractivity contribution < 1.29 is 10.2 Å². The molecular weight excluding hydrogens is 358 g/mol. The zero-order valence-electron chi connectivity index (χ0n) is 12.8. The number of aromatic amines is 1. The molecule has 2 aromatic heterocycles. The number of rotatable bonds is 2. The number of hydrogen-bond acceptors (Lipinski definition) is 4. The standard InChI is InChI=1S/C19H12ClNO3S/c20-17-14(11-8-4-5-9-12(11)22)15-16(23)13(10-6-2-1-3-7-10)18(24)21-19(15)25-17/h1-9,22H,(H2,21,23,24). The van der Waals surface area contributed by atoms with Crippen molar-refractivity contribution in [2.75, 3.05) is 0 Å². The lowest BCUT2D eigenvalue weighted by Gasteiger charge is -2.08. The Bertz CT molecular complexity index is 1150. The first-order valence-electron chi connectivity index (χ1n) is 7.49. The van der Waals surface area contributed by atoms with E-state index in [9.17, 15) is 15.0 Å². The van der Waals surface area contributed by atoms with Crippen molar-refractivity contribution in [3.63, 3.8) is 0 Å². The molecule has 0 saturated heterocycles. The first-order valence-corrected chi connectivity index (χ1v) is 8.68. The average molecular weight is 370 g/mol. The number of phenolic OH excluding ortho intramolecular Hbond substituents is 1. The van der Waals surface area contributed by atoms with Gasteiger partial charge in [0.05, 0.1) is 10.9 Å². The van der Waals surface area contributed by atoms with E-state index >= 15 is 0 Å². The predicted molar refractivity (Wildman–Crippen MR) is 102 cm³/mol.